The molecule has 5 nitrogen and oxygen atoms in total. The summed E-state index contributed by atoms with van der Waals surface area (Å²) < 4.78 is 1.96. The van der Waals surface area contributed by atoms with E-state index in [1.165, 1.54) is 25.7 Å². The van der Waals surface area contributed by atoms with Crippen LogP contribution < -0.4 is 0 Å². The zero-order valence-electron chi connectivity index (χ0n) is 11.4. The summed E-state index contributed by atoms with van der Waals surface area (Å²) in [5, 5.41) is 22.4. The summed E-state index contributed by atoms with van der Waals surface area (Å²) >= 11 is 1.57. The van der Waals surface area contributed by atoms with E-state index in [2.05, 4.69) is 15.5 Å². The standard InChI is InChI=1S/C14H18N4OS/c1-10(19)11-6-8-13(9-7-11)20-14-15-16-17-18(14)12-4-2-3-5-12/h6-10,12,19H,2-5H2,1H3/t10-/m0/s1. The molecule has 0 unspecified atom stereocenters. The molecule has 1 fully saturated rings. The predicted molar refractivity (Wildman–Crippen MR) is 76.5 cm³/mol. The number of tetrazole rings is 1. The molecule has 6 heteroatoms. The number of aromatic nitrogens is 4. The van der Waals surface area contributed by atoms with Gasteiger partial charge in [-0.05, 0) is 59.7 Å². The number of aliphatic hydroxyl groups is 1. The molecule has 1 aliphatic carbocycles. The van der Waals surface area contributed by atoms with Crippen molar-refractivity contribution in [3.63, 3.8) is 0 Å². The lowest BCUT2D eigenvalue weighted by atomic mass is 10.1. The topological polar surface area (TPSA) is 63.8 Å². The molecule has 1 saturated carbocycles. The molecule has 0 spiro atoms. The van der Waals surface area contributed by atoms with Gasteiger partial charge in [0.05, 0.1) is 12.1 Å². The Morgan fingerprint density at radius 3 is 2.60 bits per heavy atom. The summed E-state index contributed by atoms with van der Waals surface area (Å²) in [6.45, 7) is 1.77. The summed E-state index contributed by atoms with van der Waals surface area (Å²) in [4.78, 5) is 1.09. The highest BCUT2D eigenvalue weighted by Gasteiger charge is 2.21. The number of aliphatic hydroxyl groups excluding tert-OH is 1. The van der Waals surface area contributed by atoms with Gasteiger partial charge in [0.2, 0.25) is 5.16 Å². The van der Waals surface area contributed by atoms with Gasteiger partial charge in [0.15, 0.2) is 0 Å². The molecule has 1 aromatic heterocycles. The Hall–Kier alpha value is -1.40. The second-order valence-corrected chi connectivity index (χ2v) is 6.23. The molecule has 1 aromatic carbocycles. The maximum atomic E-state index is 9.52. The number of benzene rings is 1. The van der Waals surface area contributed by atoms with Crippen molar-refractivity contribution in [2.75, 3.05) is 0 Å². The molecule has 0 radical (unpaired) electrons. The first-order chi connectivity index (χ1) is 9.74. The van der Waals surface area contributed by atoms with Gasteiger partial charge < -0.3 is 5.11 Å². The van der Waals surface area contributed by atoms with Crippen molar-refractivity contribution in [1.82, 2.24) is 20.2 Å². The zero-order valence-corrected chi connectivity index (χ0v) is 12.3. The lowest BCUT2D eigenvalue weighted by Gasteiger charge is -2.11. The molecule has 2 aromatic rings. The fraction of sp³-hybridized carbons (Fsp3) is 0.500. The molecule has 0 amide bonds. The van der Waals surface area contributed by atoms with Gasteiger partial charge in [0.25, 0.3) is 0 Å². The van der Waals surface area contributed by atoms with Crippen LogP contribution in [0.5, 0.6) is 0 Å². The van der Waals surface area contributed by atoms with Crippen molar-refractivity contribution in [1.29, 1.82) is 0 Å². The van der Waals surface area contributed by atoms with E-state index in [0.29, 0.717) is 6.04 Å². The van der Waals surface area contributed by atoms with Crippen LogP contribution in [0.2, 0.25) is 0 Å². The normalized spacial score (nSPS) is 17.5. The average Bonchev–Trinajstić information content (AvgIpc) is 3.09. The van der Waals surface area contributed by atoms with E-state index in [1.807, 2.05) is 28.9 Å². The fourth-order valence-corrected chi connectivity index (χ4v) is 3.39. The van der Waals surface area contributed by atoms with Crippen molar-refractivity contribution in [2.24, 2.45) is 0 Å². The summed E-state index contributed by atoms with van der Waals surface area (Å²) in [5.74, 6) is 0. The molecular weight excluding hydrogens is 272 g/mol. The highest BCUT2D eigenvalue weighted by atomic mass is 32.2. The molecule has 1 aliphatic rings. The summed E-state index contributed by atoms with van der Waals surface area (Å²) in [6.07, 6.45) is 4.42. The Balaban J connectivity index is 1.76. The monoisotopic (exact) mass is 290 g/mol. The second-order valence-electron chi connectivity index (χ2n) is 5.19. The Morgan fingerprint density at radius 1 is 1.25 bits per heavy atom. The first kappa shape index (κ1) is 13.6. The summed E-state index contributed by atoms with van der Waals surface area (Å²) in [5.41, 5.74) is 0.921. The molecule has 106 valence electrons. The van der Waals surface area contributed by atoms with Crippen LogP contribution in [-0.4, -0.2) is 25.3 Å². The van der Waals surface area contributed by atoms with Crippen LogP contribution >= 0.6 is 11.8 Å². The minimum Gasteiger partial charge on any atom is -0.389 e. The summed E-state index contributed by atoms with van der Waals surface area (Å²) in [6, 6.07) is 8.33. The van der Waals surface area contributed by atoms with E-state index < -0.39 is 6.10 Å². The maximum absolute atomic E-state index is 9.52. The van der Waals surface area contributed by atoms with Crippen LogP contribution in [0.1, 0.15) is 50.3 Å². The van der Waals surface area contributed by atoms with E-state index in [1.54, 1.807) is 18.7 Å². The van der Waals surface area contributed by atoms with E-state index in [0.717, 1.165) is 15.6 Å². The van der Waals surface area contributed by atoms with Crippen LogP contribution in [0, 0.1) is 0 Å². The SMILES string of the molecule is C[C@H](O)c1ccc(Sc2nnnn2C2CCCC2)cc1. The van der Waals surface area contributed by atoms with Gasteiger partial charge in [-0.15, -0.1) is 5.10 Å². The second kappa shape index (κ2) is 5.93. The molecule has 1 heterocycles. The van der Waals surface area contributed by atoms with Gasteiger partial charge >= 0.3 is 0 Å². The van der Waals surface area contributed by atoms with Crippen molar-refractivity contribution in [3.05, 3.63) is 29.8 Å². The van der Waals surface area contributed by atoms with E-state index in [9.17, 15) is 5.11 Å². The van der Waals surface area contributed by atoms with Crippen LogP contribution in [0.25, 0.3) is 0 Å². The van der Waals surface area contributed by atoms with Crippen LogP contribution in [0.4, 0.5) is 0 Å². The number of hydrogen-bond acceptors (Lipinski definition) is 5. The third kappa shape index (κ3) is 2.86. The van der Waals surface area contributed by atoms with Gasteiger partial charge in [-0.3, -0.25) is 0 Å². The molecule has 0 saturated heterocycles. The van der Waals surface area contributed by atoms with Crippen molar-refractivity contribution in [3.8, 4) is 0 Å². The summed E-state index contributed by atoms with van der Waals surface area (Å²) in [7, 11) is 0. The maximum Gasteiger partial charge on any atom is 0.214 e. The highest BCUT2D eigenvalue weighted by Crippen LogP contribution is 2.33. The molecule has 0 aliphatic heterocycles. The van der Waals surface area contributed by atoms with Crippen LogP contribution in [0.3, 0.4) is 0 Å². The van der Waals surface area contributed by atoms with Gasteiger partial charge in [0, 0.05) is 4.90 Å². The lowest BCUT2D eigenvalue weighted by molar-refractivity contribution is 0.199. The Labute approximate surface area is 122 Å². The van der Waals surface area contributed by atoms with Gasteiger partial charge in [0.1, 0.15) is 0 Å². The van der Waals surface area contributed by atoms with E-state index in [4.69, 9.17) is 0 Å². The van der Waals surface area contributed by atoms with Gasteiger partial charge in [-0.2, -0.15) is 0 Å². The van der Waals surface area contributed by atoms with Crippen molar-refractivity contribution >= 4 is 11.8 Å². The van der Waals surface area contributed by atoms with E-state index >= 15 is 0 Å². The Morgan fingerprint density at radius 2 is 1.95 bits per heavy atom. The average molecular weight is 290 g/mol. The van der Waals surface area contributed by atoms with Crippen LogP contribution in [-0.2, 0) is 0 Å². The lowest BCUT2D eigenvalue weighted by Crippen LogP contribution is -2.08. The molecule has 1 N–H and O–H groups in total. The minimum atomic E-state index is -0.433. The quantitative estimate of drug-likeness (QED) is 0.937. The minimum absolute atomic E-state index is 0.433. The predicted octanol–water partition coefficient (Wildman–Crippen LogP) is 2.99. The smallest absolute Gasteiger partial charge is 0.214 e. The Kier molecular flexibility index (Phi) is 4.03. The molecule has 3 rings (SSSR count). The van der Waals surface area contributed by atoms with Crippen molar-refractivity contribution < 1.29 is 5.11 Å². The molecule has 1 atom stereocenters. The molecule has 0 bridgehead atoms. The van der Waals surface area contributed by atoms with E-state index in [-0.39, 0.29) is 0 Å². The first-order valence-corrected chi connectivity index (χ1v) is 7.79. The number of nitrogens with zero attached hydrogens (tertiary/aromatic N) is 4. The fourth-order valence-electron chi connectivity index (χ4n) is 2.55. The van der Waals surface area contributed by atoms with Gasteiger partial charge in [-0.1, -0.05) is 25.0 Å². The highest BCUT2D eigenvalue weighted by molar-refractivity contribution is 7.99. The third-order valence-electron chi connectivity index (χ3n) is 3.70. The van der Waals surface area contributed by atoms with Crippen LogP contribution in [0.15, 0.2) is 34.3 Å². The molecular formula is C14H18N4OS. The zero-order chi connectivity index (χ0) is 13.9. The van der Waals surface area contributed by atoms with Crippen molar-refractivity contribution in [2.45, 2.75) is 54.8 Å². The largest absolute Gasteiger partial charge is 0.389 e. The van der Waals surface area contributed by atoms with Gasteiger partial charge in [-0.25, -0.2) is 4.68 Å². The first-order valence-electron chi connectivity index (χ1n) is 6.98. The third-order valence-corrected chi connectivity index (χ3v) is 4.66. The number of hydrogen-bond donors (Lipinski definition) is 1. The number of rotatable bonds is 4. The molecule has 20 heavy (non-hydrogen) atoms. The Bertz CT molecular complexity index is 561.